The van der Waals surface area contributed by atoms with E-state index in [4.69, 9.17) is 23.2 Å². The molecule has 1 aliphatic rings. The molecule has 1 aromatic rings. The number of thiophene rings is 1. The topological polar surface area (TPSA) is 29.1 Å². The van der Waals surface area contributed by atoms with Gasteiger partial charge in [-0.2, -0.15) is 0 Å². The van der Waals surface area contributed by atoms with Gasteiger partial charge in [0.05, 0.1) is 8.67 Å². The maximum atomic E-state index is 11.7. The van der Waals surface area contributed by atoms with Gasteiger partial charge in [0.25, 0.3) is 0 Å². The van der Waals surface area contributed by atoms with Gasteiger partial charge in [-0.3, -0.25) is 4.21 Å². The molecule has 1 N–H and O–H groups in total. The van der Waals surface area contributed by atoms with Gasteiger partial charge in [-0.1, -0.05) is 23.2 Å². The highest BCUT2D eigenvalue weighted by molar-refractivity contribution is 7.85. The summed E-state index contributed by atoms with van der Waals surface area (Å²) in [4.78, 5) is 0. The summed E-state index contributed by atoms with van der Waals surface area (Å²) in [5.41, 5.74) is 0.985. The van der Waals surface area contributed by atoms with Crippen LogP contribution in [-0.2, 0) is 10.8 Å². The fraction of sp³-hybridized carbons (Fsp3) is 0.600. The quantitative estimate of drug-likeness (QED) is 0.862. The third-order valence-corrected chi connectivity index (χ3v) is 5.59. The number of halogens is 2. The molecular formula is C10H13Cl2NOS2. The van der Waals surface area contributed by atoms with Gasteiger partial charge in [-0.15, -0.1) is 11.3 Å². The molecule has 90 valence electrons. The van der Waals surface area contributed by atoms with Gasteiger partial charge in [0.15, 0.2) is 0 Å². The van der Waals surface area contributed by atoms with Crippen molar-refractivity contribution in [1.82, 2.24) is 5.32 Å². The molecule has 0 amide bonds. The van der Waals surface area contributed by atoms with E-state index in [1.54, 1.807) is 0 Å². The lowest BCUT2D eigenvalue weighted by Crippen LogP contribution is -2.30. The Balaban J connectivity index is 2.24. The van der Waals surface area contributed by atoms with Gasteiger partial charge in [-0.25, -0.2) is 0 Å². The van der Waals surface area contributed by atoms with E-state index in [-0.39, 0.29) is 6.04 Å². The zero-order chi connectivity index (χ0) is 11.7. The lowest BCUT2D eigenvalue weighted by atomic mass is 10.1. The molecule has 1 fully saturated rings. The van der Waals surface area contributed by atoms with Crippen LogP contribution in [0.1, 0.15) is 24.9 Å². The van der Waals surface area contributed by atoms with E-state index in [2.05, 4.69) is 12.2 Å². The van der Waals surface area contributed by atoms with Gasteiger partial charge in [0.1, 0.15) is 0 Å². The minimum Gasteiger partial charge on any atom is -0.307 e. The van der Waals surface area contributed by atoms with E-state index >= 15 is 0 Å². The smallest absolute Gasteiger partial charge is 0.0992 e. The van der Waals surface area contributed by atoms with Crippen molar-refractivity contribution in [3.8, 4) is 0 Å². The zero-order valence-electron chi connectivity index (χ0n) is 8.83. The van der Waals surface area contributed by atoms with Crippen molar-refractivity contribution >= 4 is 45.3 Å². The minimum absolute atomic E-state index is 0.0644. The molecule has 2 rings (SSSR count). The zero-order valence-corrected chi connectivity index (χ0v) is 12.0. The third kappa shape index (κ3) is 2.99. The second kappa shape index (κ2) is 5.36. The van der Waals surface area contributed by atoms with Crippen LogP contribution in [0.5, 0.6) is 0 Å². The monoisotopic (exact) mass is 297 g/mol. The Hall–Kier alpha value is 0.390. The van der Waals surface area contributed by atoms with Crippen LogP contribution in [0.25, 0.3) is 0 Å². The molecule has 0 saturated carbocycles. The second-order valence-corrected chi connectivity index (χ2v) is 7.91. The minimum atomic E-state index is -0.767. The normalized spacial score (nSPS) is 31.3. The molecule has 2 nitrogen and oxygen atoms in total. The van der Waals surface area contributed by atoms with Gasteiger partial charge in [0.2, 0.25) is 0 Å². The molecule has 0 spiro atoms. The number of hydrogen-bond donors (Lipinski definition) is 1. The summed E-state index contributed by atoms with van der Waals surface area (Å²) in [5, 5.41) is 3.45. The van der Waals surface area contributed by atoms with Crippen LogP contribution in [0.15, 0.2) is 6.07 Å². The molecule has 3 unspecified atom stereocenters. The van der Waals surface area contributed by atoms with Crippen LogP contribution in [0.2, 0.25) is 8.67 Å². The number of nitrogens with one attached hydrogen (secondary N) is 1. The van der Waals surface area contributed by atoms with E-state index in [0.29, 0.717) is 20.5 Å². The Morgan fingerprint density at radius 2 is 2.31 bits per heavy atom. The van der Waals surface area contributed by atoms with E-state index in [9.17, 15) is 4.21 Å². The van der Waals surface area contributed by atoms with Gasteiger partial charge in [-0.05, 0) is 19.4 Å². The highest BCUT2D eigenvalue weighted by atomic mass is 35.5. The standard InChI is InChI=1S/C10H13Cl2NOS2/c1-6-2-3-16(14)5-8(13-6)7-4-9(11)15-10(7)12/h4,6,8,13H,2-3,5H2,1H3. The Kier molecular flexibility index (Phi) is 4.30. The second-order valence-electron chi connectivity index (χ2n) is 4.00. The van der Waals surface area contributed by atoms with Crippen LogP contribution < -0.4 is 5.32 Å². The highest BCUT2D eigenvalue weighted by Crippen LogP contribution is 2.36. The largest absolute Gasteiger partial charge is 0.307 e. The maximum Gasteiger partial charge on any atom is 0.0992 e. The predicted octanol–water partition coefficient (Wildman–Crippen LogP) is 3.23. The number of rotatable bonds is 1. The van der Waals surface area contributed by atoms with Crippen LogP contribution in [0.4, 0.5) is 0 Å². The Morgan fingerprint density at radius 3 is 2.94 bits per heavy atom. The Bertz CT molecular complexity index is 408. The molecule has 0 aliphatic carbocycles. The first-order valence-corrected chi connectivity index (χ1v) is 8.18. The molecule has 0 radical (unpaired) electrons. The summed E-state index contributed by atoms with van der Waals surface area (Å²) in [5.74, 6) is 1.39. The van der Waals surface area contributed by atoms with E-state index in [0.717, 1.165) is 17.7 Å². The van der Waals surface area contributed by atoms with Gasteiger partial charge in [0, 0.05) is 40.0 Å². The summed E-state index contributed by atoms with van der Waals surface area (Å²) in [7, 11) is -0.767. The summed E-state index contributed by atoms with van der Waals surface area (Å²) < 4.78 is 13.1. The van der Waals surface area contributed by atoms with E-state index < -0.39 is 10.8 Å². The first-order valence-electron chi connectivity index (χ1n) is 5.12. The lowest BCUT2D eigenvalue weighted by Gasteiger charge is -2.18. The number of hydrogen-bond acceptors (Lipinski definition) is 3. The van der Waals surface area contributed by atoms with Crippen LogP contribution in [0, 0.1) is 0 Å². The third-order valence-electron chi connectivity index (χ3n) is 2.68. The molecule has 2 heterocycles. The molecule has 16 heavy (non-hydrogen) atoms. The first kappa shape index (κ1) is 12.8. The molecular weight excluding hydrogens is 285 g/mol. The molecule has 1 saturated heterocycles. The van der Waals surface area contributed by atoms with Crippen molar-refractivity contribution in [2.24, 2.45) is 0 Å². The molecule has 1 aliphatic heterocycles. The Morgan fingerprint density at radius 1 is 1.56 bits per heavy atom. The summed E-state index contributed by atoms with van der Waals surface area (Å²) >= 11 is 13.4. The average molecular weight is 298 g/mol. The van der Waals surface area contributed by atoms with Crippen molar-refractivity contribution in [3.63, 3.8) is 0 Å². The summed E-state index contributed by atoms with van der Waals surface area (Å²) in [6.07, 6.45) is 0.943. The van der Waals surface area contributed by atoms with E-state index in [1.165, 1.54) is 11.3 Å². The SMILES string of the molecule is CC1CCS(=O)CC(c2cc(Cl)sc2Cl)N1. The molecule has 1 aromatic heterocycles. The first-order chi connectivity index (χ1) is 7.56. The summed E-state index contributed by atoms with van der Waals surface area (Å²) in [6, 6.07) is 2.31. The molecule has 0 bridgehead atoms. The van der Waals surface area contributed by atoms with Gasteiger partial charge < -0.3 is 5.32 Å². The maximum absolute atomic E-state index is 11.7. The average Bonchev–Trinajstić information content (AvgIpc) is 2.43. The van der Waals surface area contributed by atoms with Crippen LogP contribution in [0.3, 0.4) is 0 Å². The van der Waals surface area contributed by atoms with Crippen molar-refractivity contribution in [1.29, 1.82) is 0 Å². The van der Waals surface area contributed by atoms with Crippen molar-refractivity contribution < 1.29 is 4.21 Å². The molecule has 0 aromatic carbocycles. The van der Waals surface area contributed by atoms with Crippen LogP contribution in [-0.4, -0.2) is 21.8 Å². The van der Waals surface area contributed by atoms with Crippen molar-refractivity contribution in [2.75, 3.05) is 11.5 Å². The highest BCUT2D eigenvalue weighted by Gasteiger charge is 2.24. The summed E-state index contributed by atoms with van der Waals surface area (Å²) in [6.45, 7) is 2.11. The van der Waals surface area contributed by atoms with E-state index in [1.807, 2.05) is 6.07 Å². The van der Waals surface area contributed by atoms with Crippen molar-refractivity contribution in [3.05, 3.63) is 20.3 Å². The van der Waals surface area contributed by atoms with Gasteiger partial charge >= 0.3 is 0 Å². The predicted molar refractivity (Wildman–Crippen MR) is 72.2 cm³/mol. The van der Waals surface area contributed by atoms with Crippen molar-refractivity contribution in [2.45, 2.75) is 25.4 Å². The van der Waals surface area contributed by atoms with Crippen LogP contribution >= 0.6 is 34.5 Å². The fourth-order valence-corrected chi connectivity index (χ4v) is 4.83. The molecule has 6 heteroatoms. The fourth-order valence-electron chi connectivity index (χ4n) is 1.82. The lowest BCUT2D eigenvalue weighted by molar-refractivity contribution is 0.485. The molecule has 3 atom stereocenters. The Labute approximate surface area is 112 Å².